The number of ether oxygens (including phenoxy) is 3. The maximum absolute atomic E-state index is 13.4. The molecule has 4 rings (SSSR count). The smallest absolute Gasteiger partial charge is 0.410 e. The van der Waals surface area contributed by atoms with E-state index < -0.39 is 6.09 Å². The molecular formula is C36H55N5O8. The summed E-state index contributed by atoms with van der Waals surface area (Å²) in [7, 11) is 0. The van der Waals surface area contributed by atoms with E-state index in [2.05, 4.69) is 10.6 Å². The van der Waals surface area contributed by atoms with E-state index in [4.69, 9.17) is 14.2 Å². The Balaban J connectivity index is 1.37. The molecule has 3 aliphatic heterocycles. The molecule has 0 aliphatic carbocycles. The number of amides is 5. The van der Waals surface area contributed by atoms with Crippen LogP contribution in [0.5, 0.6) is 0 Å². The number of nitrogens with zero attached hydrogens (tertiary/aromatic N) is 3. The average Bonchev–Trinajstić information content (AvgIpc) is 3.07. The number of benzene rings is 1. The van der Waals surface area contributed by atoms with Crippen molar-refractivity contribution in [3.63, 3.8) is 0 Å². The van der Waals surface area contributed by atoms with E-state index in [1.807, 2.05) is 56.0 Å². The molecule has 0 aromatic heterocycles. The van der Waals surface area contributed by atoms with Gasteiger partial charge in [-0.3, -0.25) is 19.2 Å². The molecule has 3 fully saturated rings. The number of rotatable bonds is 4. The molecule has 1 aromatic carbocycles. The van der Waals surface area contributed by atoms with Crippen LogP contribution in [-0.4, -0.2) is 123 Å². The van der Waals surface area contributed by atoms with Crippen molar-refractivity contribution in [2.24, 2.45) is 17.3 Å². The second-order valence-corrected chi connectivity index (χ2v) is 14.5. The van der Waals surface area contributed by atoms with E-state index in [-0.39, 0.29) is 79.9 Å². The van der Waals surface area contributed by atoms with Crippen LogP contribution >= 0.6 is 0 Å². The van der Waals surface area contributed by atoms with Crippen molar-refractivity contribution in [2.75, 3.05) is 72.2 Å². The van der Waals surface area contributed by atoms with Gasteiger partial charge < -0.3 is 39.5 Å². The van der Waals surface area contributed by atoms with Gasteiger partial charge in [0.05, 0.1) is 26.4 Å². The molecule has 0 bridgehead atoms. The molecule has 13 heteroatoms. The summed E-state index contributed by atoms with van der Waals surface area (Å²) in [4.78, 5) is 70.4. The molecular weight excluding hydrogens is 630 g/mol. The molecule has 3 saturated heterocycles. The van der Waals surface area contributed by atoms with Gasteiger partial charge in [-0.15, -0.1) is 0 Å². The number of hydrogen-bond donors (Lipinski definition) is 2. The molecule has 5 amide bonds. The standard InChI is InChI=1S/C36H55N5O8/c1-36(2,3)22-33(44)39-16-11-30(12-17-39)41-24-32(43)37-13-9-29-23-40(35(46)49-25-27-7-5-4-6-8-27)15-10-28(29)21-31(42)38-14-18-47-19-20-48-26-34(41)45/h4-8,28-30H,9-26H2,1-3H3,(H,37,43)(H,38,42)/t28-,29-/m0/s1. The zero-order valence-electron chi connectivity index (χ0n) is 29.5. The fourth-order valence-electron chi connectivity index (χ4n) is 6.71. The van der Waals surface area contributed by atoms with Crippen LogP contribution < -0.4 is 10.6 Å². The fourth-order valence-corrected chi connectivity index (χ4v) is 6.71. The summed E-state index contributed by atoms with van der Waals surface area (Å²) in [5.74, 6) is -0.555. The Bertz CT molecular complexity index is 1250. The van der Waals surface area contributed by atoms with Crippen molar-refractivity contribution < 1.29 is 38.2 Å². The highest BCUT2D eigenvalue weighted by Gasteiger charge is 2.35. The molecule has 0 saturated carbocycles. The lowest BCUT2D eigenvalue weighted by atomic mass is 9.81. The van der Waals surface area contributed by atoms with Crippen molar-refractivity contribution in [3.8, 4) is 0 Å². The van der Waals surface area contributed by atoms with Crippen LogP contribution in [0, 0.1) is 17.3 Å². The molecule has 1 aromatic rings. The zero-order chi connectivity index (χ0) is 35.2. The van der Waals surface area contributed by atoms with Gasteiger partial charge in [-0.25, -0.2) is 4.79 Å². The summed E-state index contributed by atoms with van der Waals surface area (Å²) in [6.07, 6.45) is 2.73. The van der Waals surface area contributed by atoms with E-state index >= 15 is 0 Å². The molecule has 0 spiro atoms. The molecule has 49 heavy (non-hydrogen) atoms. The van der Waals surface area contributed by atoms with Crippen LogP contribution in [0.15, 0.2) is 30.3 Å². The van der Waals surface area contributed by atoms with E-state index in [9.17, 15) is 24.0 Å². The van der Waals surface area contributed by atoms with Gasteiger partial charge in [0.1, 0.15) is 13.2 Å². The first-order chi connectivity index (χ1) is 23.5. The molecule has 272 valence electrons. The topological polar surface area (TPSA) is 147 Å². The van der Waals surface area contributed by atoms with Gasteiger partial charge in [0.2, 0.25) is 23.6 Å². The summed E-state index contributed by atoms with van der Waals surface area (Å²) in [6.45, 7) is 9.41. The van der Waals surface area contributed by atoms with Crippen LogP contribution in [0.3, 0.4) is 0 Å². The molecule has 2 atom stereocenters. The Morgan fingerprint density at radius 1 is 0.837 bits per heavy atom. The van der Waals surface area contributed by atoms with Crippen molar-refractivity contribution in [2.45, 2.75) is 71.9 Å². The quantitative estimate of drug-likeness (QED) is 0.492. The molecule has 0 radical (unpaired) electrons. The summed E-state index contributed by atoms with van der Waals surface area (Å²) in [5.41, 5.74) is 0.792. The Morgan fingerprint density at radius 2 is 1.53 bits per heavy atom. The van der Waals surface area contributed by atoms with Gasteiger partial charge in [-0.1, -0.05) is 51.1 Å². The highest BCUT2D eigenvalue weighted by Crippen LogP contribution is 2.30. The largest absolute Gasteiger partial charge is 0.445 e. The molecule has 13 nitrogen and oxygen atoms in total. The van der Waals surface area contributed by atoms with Crippen molar-refractivity contribution >= 4 is 29.7 Å². The van der Waals surface area contributed by atoms with Crippen LogP contribution in [-0.2, 0) is 40.0 Å². The third-order valence-corrected chi connectivity index (χ3v) is 9.38. The number of hydrogen-bond acceptors (Lipinski definition) is 8. The number of likely N-dealkylation sites (tertiary alicyclic amines) is 2. The van der Waals surface area contributed by atoms with Gasteiger partial charge in [-0.05, 0) is 48.5 Å². The van der Waals surface area contributed by atoms with Crippen LogP contribution in [0.25, 0.3) is 0 Å². The summed E-state index contributed by atoms with van der Waals surface area (Å²) >= 11 is 0. The number of carbonyl (C=O) groups excluding carboxylic acids is 5. The Kier molecular flexibility index (Phi) is 14.7. The van der Waals surface area contributed by atoms with Crippen LogP contribution in [0.2, 0.25) is 0 Å². The minimum Gasteiger partial charge on any atom is -0.445 e. The van der Waals surface area contributed by atoms with Gasteiger partial charge in [0.25, 0.3) is 0 Å². The Morgan fingerprint density at radius 3 is 2.27 bits per heavy atom. The van der Waals surface area contributed by atoms with E-state index in [0.717, 1.165) is 5.56 Å². The highest BCUT2D eigenvalue weighted by atomic mass is 16.6. The minimum atomic E-state index is -0.397. The van der Waals surface area contributed by atoms with E-state index in [1.54, 1.807) is 9.80 Å². The molecule has 3 aliphatic rings. The summed E-state index contributed by atoms with van der Waals surface area (Å²) in [5, 5.41) is 5.90. The molecule has 0 unspecified atom stereocenters. The van der Waals surface area contributed by atoms with Crippen molar-refractivity contribution in [1.29, 1.82) is 0 Å². The molecule has 2 N–H and O–H groups in total. The van der Waals surface area contributed by atoms with Gasteiger partial charge in [-0.2, -0.15) is 0 Å². The average molecular weight is 686 g/mol. The predicted octanol–water partition coefficient (Wildman–Crippen LogP) is 2.58. The monoisotopic (exact) mass is 685 g/mol. The lowest BCUT2D eigenvalue weighted by Crippen LogP contribution is -2.53. The van der Waals surface area contributed by atoms with Gasteiger partial charge >= 0.3 is 6.09 Å². The third kappa shape index (κ3) is 12.9. The Hall–Kier alpha value is -3.71. The van der Waals surface area contributed by atoms with Crippen LogP contribution in [0.1, 0.15) is 64.9 Å². The lowest BCUT2D eigenvalue weighted by molar-refractivity contribution is -0.145. The van der Waals surface area contributed by atoms with Gasteiger partial charge in [0.15, 0.2) is 0 Å². The molecule has 3 heterocycles. The number of fused-ring (bicyclic) bond motifs is 1. The predicted molar refractivity (Wildman–Crippen MR) is 182 cm³/mol. The zero-order valence-corrected chi connectivity index (χ0v) is 29.5. The van der Waals surface area contributed by atoms with Crippen molar-refractivity contribution in [3.05, 3.63) is 35.9 Å². The SMILES string of the molecule is CC(C)(C)CC(=O)N1CCC(N2CC(=O)NCC[C@H]3CN(C(=O)OCc4ccccc4)CC[C@H]3CC(=O)NCCOCCOCC2=O)CC1. The van der Waals surface area contributed by atoms with Crippen LogP contribution in [0.4, 0.5) is 4.79 Å². The van der Waals surface area contributed by atoms with Gasteiger partial charge in [0, 0.05) is 58.2 Å². The second kappa shape index (κ2) is 18.9. The first kappa shape index (κ1) is 38.1. The first-order valence-electron chi connectivity index (χ1n) is 17.7. The van der Waals surface area contributed by atoms with E-state index in [1.165, 1.54) is 0 Å². The normalized spacial score (nSPS) is 23.3. The third-order valence-electron chi connectivity index (χ3n) is 9.38. The maximum atomic E-state index is 13.4. The number of piperidine rings is 2. The second-order valence-electron chi connectivity index (χ2n) is 14.5. The lowest BCUT2D eigenvalue weighted by Gasteiger charge is -2.39. The van der Waals surface area contributed by atoms with E-state index in [0.29, 0.717) is 84.4 Å². The highest BCUT2D eigenvalue weighted by molar-refractivity contribution is 5.85. The first-order valence-corrected chi connectivity index (χ1v) is 17.7. The number of carbonyl (C=O) groups is 5. The maximum Gasteiger partial charge on any atom is 0.410 e. The van der Waals surface area contributed by atoms with Crippen molar-refractivity contribution in [1.82, 2.24) is 25.3 Å². The summed E-state index contributed by atoms with van der Waals surface area (Å²) < 4.78 is 16.8. The minimum absolute atomic E-state index is 0.0238. The summed E-state index contributed by atoms with van der Waals surface area (Å²) in [6, 6.07) is 9.31. The fraction of sp³-hybridized carbons (Fsp3) is 0.694. The Labute approximate surface area is 290 Å². The number of nitrogens with one attached hydrogen (secondary N) is 2.